The summed E-state index contributed by atoms with van der Waals surface area (Å²) >= 11 is 6.30. The van der Waals surface area contributed by atoms with Gasteiger partial charge in [-0.25, -0.2) is 9.59 Å². The van der Waals surface area contributed by atoms with E-state index >= 15 is 0 Å². The number of benzene rings is 1. The monoisotopic (exact) mass is 394 g/mol. The van der Waals surface area contributed by atoms with E-state index in [4.69, 9.17) is 21.1 Å². The smallest absolute Gasteiger partial charge is 0.407 e. The molecule has 1 unspecified atom stereocenters. The molecule has 0 bridgehead atoms. The third kappa shape index (κ3) is 4.95. The Hall–Kier alpha value is -2.21. The van der Waals surface area contributed by atoms with Crippen LogP contribution in [0.3, 0.4) is 0 Å². The van der Waals surface area contributed by atoms with Gasteiger partial charge in [0, 0.05) is 23.0 Å². The number of fused-ring (bicyclic) bond motifs is 1. The van der Waals surface area contributed by atoms with Crippen molar-refractivity contribution in [2.45, 2.75) is 53.2 Å². The van der Waals surface area contributed by atoms with Crippen LogP contribution in [0.4, 0.5) is 4.79 Å². The standard InChI is InChI=1S/C20H27ClN2O4/c1-7-26-18(24)16-10-14-8-9-15(21)13(3)17(14)23(16)12(2)11-22-19(25)27-20(4,5)6/h8-10,12H,7,11H2,1-6H3,(H,22,25). The van der Waals surface area contributed by atoms with Crippen molar-refractivity contribution in [2.24, 2.45) is 0 Å². The van der Waals surface area contributed by atoms with Crippen LogP contribution in [-0.4, -0.2) is 35.4 Å². The zero-order chi connectivity index (χ0) is 20.4. The number of hydrogen-bond donors (Lipinski definition) is 1. The fourth-order valence-corrected chi connectivity index (χ4v) is 3.08. The maximum atomic E-state index is 12.5. The molecule has 27 heavy (non-hydrogen) atoms. The lowest BCUT2D eigenvalue weighted by Crippen LogP contribution is -2.35. The molecule has 1 atom stereocenters. The predicted octanol–water partition coefficient (Wildman–Crippen LogP) is 4.87. The Balaban J connectivity index is 2.39. The molecular weight excluding hydrogens is 368 g/mol. The van der Waals surface area contributed by atoms with Crippen molar-refractivity contribution in [3.63, 3.8) is 0 Å². The lowest BCUT2D eigenvalue weighted by molar-refractivity contribution is 0.0512. The maximum Gasteiger partial charge on any atom is 0.407 e. The van der Waals surface area contributed by atoms with E-state index in [9.17, 15) is 9.59 Å². The van der Waals surface area contributed by atoms with Crippen LogP contribution in [0.15, 0.2) is 18.2 Å². The molecule has 0 saturated heterocycles. The Bertz CT molecular complexity index is 852. The number of amides is 1. The van der Waals surface area contributed by atoms with Crippen LogP contribution >= 0.6 is 11.6 Å². The molecule has 2 aromatic rings. The van der Waals surface area contributed by atoms with Gasteiger partial charge in [-0.05, 0) is 59.2 Å². The van der Waals surface area contributed by atoms with Gasteiger partial charge in [-0.1, -0.05) is 17.7 Å². The lowest BCUT2D eigenvalue weighted by Gasteiger charge is -2.23. The fourth-order valence-electron chi connectivity index (χ4n) is 2.93. The van der Waals surface area contributed by atoms with E-state index in [0.29, 0.717) is 10.7 Å². The van der Waals surface area contributed by atoms with Gasteiger partial charge in [-0.2, -0.15) is 0 Å². The molecule has 0 aliphatic rings. The lowest BCUT2D eigenvalue weighted by atomic mass is 10.1. The van der Waals surface area contributed by atoms with Gasteiger partial charge in [-0.15, -0.1) is 0 Å². The minimum atomic E-state index is -0.576. The van der Waals surface area contributed by atoms with Crippen LogP contribution in [0, 0.1) is 6.92 Å². The largest absolute Gasteiger partial charge is 0.461 e. The molecule has 0 radical (unpaired) electrons. The molecule has 7 heteroatoms. The molecule has 2 rings (SSSR count). The Labute approximate surface area is 164 Å². The topological polar surface area (TPSA) is 69.6 Å². The quantitative estimate of drug-likeness (QED) is 0.735. The zero-order valence-electron chi connectivity index (χ0n) is 16.7. The minimum Gasteiger partial charge on any atom is -0.461 e. The SMILES string of the molecule is CCOC(=O)c1cc2ccc(Cl)c(C)c2n1C(C)CNC(=O)OC(C)(C)C. The highest BCUT2D eigenvalue weighted by Crippen LogP contribution is 2.31. The number of alkyl carbamates (subject to hydrolysis) is 1. The van der Waals surface area contributed by atoms with E-state index in [1.807, 2.05) is 30.5 Å². The average molecular weight is 395 g/mol. The van der Waals surface area contributed by atoms with Crippen molar-refractivity contribution in [3.8, 4) is 0 Å². The molecule has 0 fully saturated rings. The summed E-state index contributed by atoms with van der Waals surface area (Å²) in [5, 5.41) is 4.27. The predicted molar refractivity (Wildman–Crippen MR) is 107 cm³/mol. The summed E-state index contributed by atoms with van der Waals surface area (Å²) < 4.78 is 12.4. The molecule has 0 aliphatic heterocycles. The van der Waals surface area contributed by atoms with Gasteiger partial charge in [0.2, 0.25) is 0 Å². The molecule has 1 aromatic carbocycles. The number of halogens is 1. The maximum absolute atomic E-state index is 12.5. The van der Waals surface area contributed by atoms with Crippen LogP contribution in [0.5, 0.6) is 0 Å². The van der Waals surface area contributed by atoms with Gasteiger partial charge >= 0.3 is 12.1 Å². The van der Waals surface area contributed by atoms with Gasteiger partial charge in [0.05, 0.1) is 12.1 Å². The number of rotatable bonds is 5. The molecule has 0 aliphatic carbocycles. The van der Waals surface area contributed by atoms with Crippen LogP contribution in [0.2, 0.25) is 5.02 Å². The summed E-state index contributed by atoms with van der Waals surface area (Å²) in [6, 6.07) is 5.26. The van der Waals surface area contributed by atoms with Crippen molar-refractivity contribution in [1.82, 2.24) is 9.88 Å². The normalized spacial score (nSPS) is 12.7. The van der Waals surface area contributed by atoms with Crippen LogP contribution < -0.4 is 5.32 Å². The van der Waals surface area contributed by atoms with Gasteiger partial charge < -0.3 is 19.4 Å². The molecule has 1 heterocycles. The third-order valence-corrected chi connectivity index (χ3v) is 4.46. The van der Waals surface area contributed by atoms with Gasteiger partial charge in [0.25, 0.3) is 0 Å². The fraction of sp³-hybridized carbons (Fsp3) is 0.500. The van der Waals surface area contributed by atoms with Crippen molar-refractivity contribution >= 4 is 34.6 Å². The first-order chi connectivity index (χ1) is 12.5. The minimum absolute atomic E-state index is 0.216. The molecule has 148 valence electrons. The highest BCUT2D eigenvalue weighted by Gasteiger charge is 2.23. The number of nitrogens with one attached hydrogen (secondary N) is 1. The summed E-state index contributed by atoms with van der Waals surface area (Å²) in [6.45, 7) is 11.6. The van der Waals surface area contributed by atoms with E-state index in [-0.39, 0.29) is 19.2 Å². The van der Waals surface area contributed by atoms with E-state index in [1.165, 1.54) is 0 Å². The Morgan fingerprint density at radius 1 is 1.30 bits per heavy atom. The van der Waals surface area contributed by atoms with Crippen molar-refractivity contribution in [3.05, 3.63) is 34.5 Å². The Morgan fingerprint density at radius 3 is 2.56 bits per heavy atom. The van der Waals surface area contributed by atoms with Crippen molar-refractivity contribution < 1.29 is 19.1 Å². The third-order valence-electron chi connectivity index (χ3n) is 4.05. The Morgan fingerprint density at radius 2 is 1.96 bits per heavy atom. The Kier molecular flexibility index (Phi) is 6.42. The number of carbonyl (C=O) groups is 2. The zero-order valence-corrected chi connectivity index (χ0v) is 17.4. The van der Waals surface area contributed by atoms with E-state index in [0.717, 1.165) is 16.5 Å². The number of carbonyl (C=O) groups excluding carboxylic acids is 2. The first kappa shape index (κ1) is 21.1. The number of esters is 1. The second kappa shape index (κ2) is 8.21. The van der Waals surface area contributed by atoms with E-state index in [1.54, 1.807) is 33.8 Å². The number of aromatic nitrogens is 1. The molecule has 6 nitrogen and oxygen atoms in total. The highest BCUT2D eigenvalue weighted by molar-refractivity contribution is 6.32. The number of aryl methyl sites for hydroxylation is 1. The average Bonchev–Trinajstić information content (AvgIpc) is 2.95. The summed E-state index contributed by atoms with van der Waals surface area (Å²) in [5.74, 6) is -0.409. The van der Waals surface area contributed by atoms with Crippen LogP contribution in [-0.2, 0) is 9.47 Å². The second-order valence-corrected chi connectivity index (χ2v) is 7.87. The van der Waals surface area contributed by atoms with E-state index in [2.05, 4.69) is 5.32 Å². The number of ether oxygens (including phenoxy) is 2. The molecule has 0 spiro atoms. The molecule has 0 saturated carbocycles. The second-order valence-electron chi connectivity index (χ2n) is 7.46. The van der Waals surface area contributed by atoms with Crippen molar-refractivity contribution in [2.75, 3.05) is 13.2 Å². The summed E-state index contributed by atoms with van der Waals surface area (Å²) in [5.41, 5.74) is 1.57. The van der Waals surface area contributed by atoms with Gasteiger partial charge in [-0.3, -0.25) is 0 Å². The van der Waals surface area contributed by atoms with Crippen LogP contribution in [0.25, 0.3) is 10.9 Å². The van der Waals surface area contributed by atoms with Gasteiger partial charge in [0.1, 0.15) is 11.3 Å². The molecule has 1 N–H and O–H groups in total. The first-order valence-corrected chi connectivity index (χ1v) is 9.37. The summed E-state index contributed by atoms with van der Waals surface area (Å²) in [7, 11) is 0. The van der Waals surface area contributed by atoms with Gasteiger partial charge in [0.15, 0.2) is 0 Å². The molecule has 1 aromatic heterocycles. The molecule has 1 amide bonds. The number of hydrogen-bond acceptors (Lipinski definition) is 4. The van der Waals surface area contributed by atoms with E-state index < -0.39 is 17.7 Å². The highest BCUT2D eigenvalue weighted by atomic mass is 35.5. The number of nitrogens with zero attached hydrogens (tertiary/aromatic N) is 1. The summed E-state index contributed by atoms with van der Waals surface area (Å²) in [4.78, 5) is 24.5. The summed E-state index contributed by atoms with van der Waals surface area (Å²) in [6.07, 6.45) is -0.502. The van der Waals surface area contributed by atoms with Crippen LogP contribution in [0.1, 0.15) is 56.7 Å². The first-order valence-electron chi connectivity index (χ1n) is 8.99. The van der Waals surface area contributed by atoms with Crippen molar-refractivity contribution in [1.29, 1.82) is 0 Å². The molecular formula is C20H27ClN2O4.